The second-order valence-electron chi connectivity index (χ2n) is 0.610. The Morgan fingerprint density at radius 1 is 1.83 bits per heavy atom. The molecule has 0 saturated carbocycles. The van der Waals surface area contributed by atoms with Crippen LogP contribution in [0.5, 0.6) is 0 Å². The smallest absolute Gasteiger partial charge is 0.120 e. The topological polar surface area (TPSA) is 62.0 Å². The van der Waals surface area contributed by atoms with Gasteiger partial charge in [-0.05, 0) is 0 Å². The first-order valence-corrected chi connectivity index (χ1v) is 1.37. The second kappa shape index (κ2) is 4.07. The maximum atomic E-state index is 9.11. The van der Waals surface area contributed by atoms with Crippen molar-refractivity contribution in [3.8, 4) is 0 Å². The zero-order valence-electron chi connectivity index (χ0n) is 3.03. The molecule has 0 atom stereocenters. The van der Waals surface area contributed by atoms with Crippen LogP contribution in [-0.4, -0.2) is 18.0 Å². The molecule has 0 aliphatic carbocycles. The third kappa shape index (κ3) is 3.07. The molecule has 4 heteroatoms. The summed E-state index contributed by atoms with van der Waals surface area (Å²) in [4.78, 5) is 9.11. The van der Waals surface area contributed by atoms with Gasteiger partial charge in [0.25, 0.3) is 0 Å². The molecule has 4 nitrogen and oxygen atoms in total. The zero-order valence-corrected chi connectivity index (χ0v) is 3.03. The minimum Gasteiger partial charge on any atom is -0.411 e. The van der Waals surface area contributed by atoms with Crippen LogP contribution in [0.3, 0.4) is 0 Å². The Kier molecular flexibility index (Phi) is 3.44. The van der Waals surface area contributed by atoms with Gasteiger partial charge >= 0.3 is 0 Å². The first-order chi connectivity index (χ1) is 2.91. The normalized spacial score (nSPS) is 9.33. The lowest BCUT2D eigenvalue weighted by molar-refractivity contribution is 0.321. The molecule has 1 N–H and O–H groups in total. The van der Waals surface area contributed by atoms with E-state index in [1.165, 1.54) is 0 Å². The predicted octanol–water partition coefficient (Wildman–Crippen LogP) is 0.213. The van der Waals surface area contributed by atoms with Gasteiger partial charge in [-0.15, -0.1) is 0 Å². The minimum atomic E-state index is -0.0590. The van der Waals surface area contributed by atoms with Gasteiger partial charge in [0.05, 0.1) is 6.21 Å². The molecule has 0 aromatic heterocycles. The van der Waals surface area contributed by atoms with E-state index >= 15 is 0 Å². The van der Waals surface area contributed by atoms with Crippen LogP contribution in [0.15, 0.2) is 10.3 Å². The van der Waals surface area contributed by atoms with Crippen molar-refractivity contribution in [1.82, 2.24) is 0 Å². The maximum Gasteiger partial charge on any atom is 0.120 e. The highest BCUT2D eigenvalue weighted by Gasteiger charge is 1.66. The summed E-state index contributed by atoms with van der Waals surface area (Å²) in [6.45, 7) is -0.0590. The number of hydrogen-bond donors (Lipinski definition) is 1. The van der Waals surface area contributed by atoms with E-state index in [-0.39, 0.29) is 6.54 Å². The van der Waals surface area contributed by atoms with Gasteiger partial charge < -0.3 is 5.21 Å². The molecule has 34 valence electrons. The van der Waals surface area contributed by atoms with Gasteiger partial charge in [-0.2, -0.15) is 4.91 Å². The standard InChI is InChI=1S/C2H4N2O2/c5-3-1-2-4-6/h1,5H,2H2. The van der Waals surface area contributed by atoms with Crippen LogP contribution in [0.4, 0.5) is 0 Å². The molecule has 0 aromatic carbocycles. The Morgan fingerprint density at radius 2 is 2.50 bits per heavy atom. The largest absolute Gasteiger partial charge is 0.411 e. The molecule has 0 fully saturated rings. The van der Waals surface area contributed by atoms with Crippen molar-refractivity contribution in [2.24, 2.45) is 10.3 Å². The summed E-state index contributed by atoms with van der Waals surface area (Å²) in [5.41, 5.74) is 0. The third-order valence-corrected chi connectivity index (χ3v) is 0.238. The van der Waals surface area contributed by atoms with E-state index in [0.717, 1.165) is 6.21 Å². The Morgan fingerprint density at radius 3 is 2.67 bits per heavy atom. The summed E-state index contributed by atoms with van der Waals surface area (Å²) in [5, 5.41) is 12.4. The Balaban J connectivity index is 2.85. The van der Waals surface area contributed by atoms with Crippen molar-refractivity contribution >= 4 is 6.21 Å². The first-order valence-electron chi connectivity index (χ1n) is 1.37. The number of hydrogen-bond acceptors (Lipinski definition) is 4. The van der Waals surface area contributed by atoms with Gasteiger partial charge in [-0.3, -0.25) is 0 Å². The SMILES string of the molecule is O=NCC=NO. The summed E-state index contributed by atoms with van der Waals surface area (Å²) < 4.78 is 0. The van der Waals surface area contributed by atoms with E-state index < -0.39 is 0 Å². The van der Waals surface area contributed by atoms with E-state index in [1.54, 1.807) is 0 Å². The molecular formula is C2H4N2O2. The van der Waals surface area contributed by atoms with Gasteiger partial charge in [0, 0.05) is 0 Å². The second-order valence-corrected chi connectivity index (χ2v) is 0.610. The quantitative estimate of drug-likeness (QED) is 0.227. The van der Waals surface area contributed by atoms with E-state index in [4.69, 9.17) is 10.1 Å². The predicted molar refractivity (Wildman–Crippen MR) is 20.9 cm³/mol. The van der Waals surface area contributed by atoms with Crippen LogP contribution in [0.1, 0.15) is 0 Å². The number of rotatable bonds is 2. The van der Waals surface area contributed by atoms with Gasteiger partial charge in [0.15, 0.2) is 0 Å². The van der Waals surface area contributed by atoms with E-state index in [0.29, 0.717) is 0 Å². The van der Waals surface area contributed by atoms with Gasteiger partial charge in [0.1, 0.15) is 6.54 Å². The van der Waals surface area contributed by atoms with Crippen molar-refractivity contribution in [2.75, 3.05) is 6.54 Å². The molecule has 0 spiro atoms. The minimum absolute atomic E-state index is 0.0590. The summed E-state index contributed by atoms with van der Waals surface area (Å²) >= 11 is 0. The van der Waals surface area contributed by atoms with Crippen molar-refractivity contribution in [2.45, 2.75) is 0 Å². The molecule has 0 aliphatic rings. The fraction of sp³-hybridized carbons (Fsp3) is 0.500. The zero-order chi connectivity index (χ0) is 4.83. The molecular weight excluding hydrogens is 84.0 g/mol. The highest BCUT2D eigenvalue weighted by molar-refractivity contribution is 5.58. The lowest BCUT2D eigenvalue weighted by Gasteiger charge is -1.65. The Bertz CT molecular complexity index is 60.6. The number of oxime groups is 1. The molecule has 0 heterocycles. The fourth-order valence-electron chi connectivity index (χ4n) is 0.0698. The molecule has 0 radical (unpaired) electrons. The van der Waals surface area contributed by atoms with Crippen LogP contribution in [0.2, 0.25) is 0 Å². The first kappa shape index (κ1) is 5.07. The molecule has 6 heavy (non-hydrogen) atoms. The highest BCUT2D eigenvalue weighted by Crippen LogP contribution is 1.56. The van der Waals surface area contributed by atoms with Crippen LogP contribution in [0, 0.1) is 4.91 Å². The average molecular weight is 88.1 g/mol. The van der Waals surface area contributed by atoms with Crippen LogP contribution in [-0.2, 0) is 0 Å². The van der Waals surface area contributed by atoms with Crippen LogP contribution >= 0.6 is 0 Å². The van der Waals surface area contributed by atoms with Crippen LogP contribution < -0.4 is 0 Å². The number of nitroso groups, excluding NO2 is 1. The molecule has 0 rings (SSSR count). The summed E-state index contributed by atoms with van der Waals surface area (Å²) in [5.74, 6) is 0. The number of nitrogens with zero attached hydrogens (tertiary/aromatic N) is 2. The molecule has 0 amide bonds. The van der Waals surface area contributed by atoms with E-state index in [1.807, 2.05) is 0 Å². The van der Waals surface area contributed by atoms with E-state index in [2.05, 4.69) is 10.3 Å². The molecule has 0 saturated heterocycles. The lowest BCUT2D eigenvalue weighted by atomic mass is 10.8. The van der Waals surface area contributed by atoms with Crippen LogP contribution in [0.25, 0.3) is 0 Å². The summed E-state index contributed by atoms with van der Waals surface area (Å²) in [6.07, 6.45) is 1.01. The molecule has 0 unspecified atom stereocenters. The summed E-state index contributed by atoms with van der Waals surface area (Å²) in [7, 11) is 0. The van der Waals surface area contributed by atoms with Crippen molar-refractivity contribution in [3.05, 3.63) is 4.91 Å². The summed E-state index contributed by atoms with van der Waals surface area (Å²) in [6, 6.07) is 0. The third-order valence-electron chi connectivity index (χ3n) is 0.238. The molecule has 0 aliphatic heterocycles. The van der Waals surface area contributed by atoms with Gasteiger partial charge in [-0.25, -0.2) is 0 Å². The Hall–Kier alpha value is -0.930. The monoisotopic (exact) mass is 88.0 g/mol. The van der Waals surface area contributed by atoms with Crippen molar-refractivity contribution < 1.29 is 5.21 Å². The lowest BCUT2D eigenvalue weighted by Crippen LogP contribution is -1.75. The Labute approximate surface area is 34.4 Å². The van der Waals surface area contributed by atoms with Crippen molar-refractivity contribution in [1.29, 1.82) is 0 Å². The highest BCUT2D eigenvalue weighted by atomic mass is 16.4. The van der Waals surface area contributed by atoms with Gasteiger partial charge in [0.2, 0.25) is 0 Å². The average Bonchev–Trinajstić information content (AvgIpc) is 1.61. The van der Waals surface area contributed by atoms with Crippen molar-refractivity contribution in [3.63, 3.8) is 0 Å². The fourth-order valence-corrected chi connectivity index (χ4v) is 0.0698. The maximum absolute atomic E-state index is 9.11. The molecule has 0 bridgehead atoms. The molecule has 0 aromatic rings. The van der Waals surface area contributed by atoms with E-state index in [9.17, 15) is 0 Å². The van der Waals surface area contributed by atoms with Gasteiger partial charge in [-0.1, -0.05) is 10.3 Å².